The molecule has 0 radical (unpaired) electrons. The summed E-state index contributed by atoms with van der Waals surface area (Å²) in [6, 6.07) is 14.1. The third-order valence-electron chi connectivity index (χ3n) is 6.64. The van der Waals surface area contributed by atoms with Gasteiger partial charge in [-0.1, -0.05) is 30.3 Å². The molecule has 3 heterocycles. The molecule has 0 aliphatic carbocycles. The van der Waals surface area contributed by atoms with Crippen LogP contribution in [0.2, 0.25) is 0 Å². The smallest absolute Gasteiger partial charge is 0.319 e. The van der Waals surface area contributed by atoms with Gasteiger partial charge in [-0.15, -0.1) is 0 Å². The molecule has 0 bridgehead atoms. The summed E-state index contributed by atoms with van der Waals surface area (Å²) in [4.78, 5) is 22.0. The molecule has 2 amide bonds. The molecule has 0 atom stereocenters. The minimum atomic E-state index is -0.402. The number of para-hydroxylation sites is 2. The van der Waals surface area contributed by atoms with Gasteiger partial charge >= 0.3 is 6.03 Å². The molecular weight excluding hydrogens is 402 g/mol. The van der Waals surface area contributed by atoms with Crippen molar-refractivity contribution in [1.29, 1.82) is 0 Å². The fourth-order valence-corrected chi connectivity index (χ4v) is 4.89. The average Bonchev–Trinajstić information content (AvgIpc) is 3.46. The van der Waals surface area contributed by atoms with Crippen molar-refractivity contribution in [3.63, 3.8) is 0 Å². The number of hydrogen-bond donors (Lipinski definition) is 2. The van der Waals surface area contributed by atoms with Crippen LogP contribution in [-0.2, 0) is 6.42 Å². The van der Waals surface area contributed by atoms with Crippen molar-refractivity contribution in [2.24, 2.45) is 5.73 Å². The van der Waals surface area contributed by atoms with Crippen LogP contribution in [0.5, 0.6) is 5.75 Å². The lowest BCUT2D eigenvalue weighted by Crippen LogP contribution is -2.46. The van der Waals surface area contributed by atoms with Gasteiger partial charge in [-0.2, -0.15) is 0 Å². The minimum absolute atomic E-state index is 0.402. The third kappa shape index (κ3) is 4.12. The largest absolute Gasteiger partial charge is 0.491 e. The van der Waals surface area contributed by atoms with Crippen LogP contribution in [0.4, 0.5) is 16.2 Å². The molecule has 0 spiro atoms. The summed E-state index contributed by atoms with van der Waals surface area (Å²) in [5.74, 6) is 1.09. The molecule has 32 heavy (non-hydrogen) atoms. The fraction of sp³-hybridized carbons (Fsp3) is 0.400. The number of aromatic amines is 1. The summed E-state index contributed by atoms with van der Waals surface area (Å²) >= 11 is 0. The lowest BCUT2D eigenvalue weighted by Gasteiger charge is -2.36. The van der Waals surface area contributed by atoms with Crippen LogP contribution in [0.1, 0.15) is 18.4 Å². The van der Waals surface area contributed by atoms with Gasteiger partial charge < -0.3 is 20.4 Å². The van der Waals surface area contributed by atoms with Crippen molar-refractivity contribution in [3.8, 4) is 5.75 Å². The second-order valence-corrected chi connectivity index (χ2v) is 8.61. The quantitative estimate of drug-likeness (QED) is 0.558. The summed E-state index contributed by atoms with van der Waals surface area (Å²) in [7, 11) is 0. The molecule has 1 aromatic heterocycles. The summed E-state index contributed by atoms with van der Waals surface area (Å²) in [6.45, 7) is 6.60. The Labute approximate surface area is 188 Å². The van der Waals surface area contributed by atoms with E-state index in [0.29, 0.717) is 6.54 Å². The highest BCUT2D eigenvalue weighted by Crippen LogP contribution is 2.36. The van der Waals surface area contributed by atoms with E-state index < -0.39 is 6.03 Å². The number of ether oxygens (including phenoxy) is 1. The van der Waals surface area contributed by atoms with Crippen molar-refractivity contribution in [2.45, 2.75) is 19.3 Å². The SMILES string of the molecule is NC(=O)N(CCCCN1CCN(c2cccc3c2OCC3)CC1)c1c[nH]c2ccccc12. The van der Waals surface area contributed by atoms with E-state index in [1.54, 1.807) is 4.90 Å². The zero-order valence-electron chi connectivity index (χ0n) is 18.4. The Hall–Kier alpha value is -3.19. The summed E-state index contributed by atoms with van der Waals surface area (Å²) in [6.07, 6.45) is 4.85. The van der Waals surface area contributed by atoms with Gasteiger partial charge in [-0.3, -0.25) is 9.80 Å². The number of carbonyl (C=O) groups is 1. The maximum atomic E-state index is 12.1. The predicted molar refractivity (Wildman–Crippen MR) is 129 cm³/mol. The first kappa shape index (κ1) is 20.7. The first-order valence-electron chi connectivity index (χ1n) is 11.6. The number of primary amides is 1. The van der Waals surface area contributed by atoms with Crippen LogP contribution in [0.15, 0.2) is 48.7 Å². The number of unbranched alkanes of at least 4 members (excludes halogenated alkanes) is 1. The van der Waals surface area contributed by atoms with Crippen molar-refractivity contribution < 1.29 is 9.53 Å². The number of hydrogen-bond acceptors (Lipinski definition) is 4. The number of nitrogens with two attached hydrogens (primary N) is 1. The van der Waals surface area contributed by atoms with Crippen LogP contribution in [0, 0.1) is 0 Å². The summed E-state index contributed by atoms with van der Waals surface area (Å²) in [5.41, 5.74) is 10.2. The van der Waals surface area contributed by atoms with Crippen molar-refractivity contribution in [1.82, 2.24) is 9.88 Å². The van der Waals surface area contributed by atoms with E-state index in [-0.39, 0.29) is 0 Å². The van der Waals surface area contributed by atoms with Crippen LogP contribution >= 0.6 is 0 Å². The molecular formula is C25H31N5O2. The molecule has 0 saturated carbocycles. The van der Waals surface area contributed by atoms with E-state index in [0.717, 1.165) is 80.9 Å². The number of amides is 2. The zero-order chi connectivity index (χ0) is 21.9. The van der Waals surface area contributed by atoms with E-state index in [9.17, 15) is 4.79 Å². The molecule has 2 aliphatic rings. The molecule has 2 aliphatic heterocycles. The second kappa shape index (κ2) is 9.12. The first-order chi connectivity index (χ1) is 15.7. The first-order valence-corrected chi connectivity index (χ1v) is 11.6. The number of fused-ring (bicyclic) bond motifs is 2. The number of urea groups is 1. The summed E-state index contributed by atoms with van der Waals surface area (Å²) in [5, 5.41) is 1.03. The normalized spacial score (nSPS) is 16.2. The second-order valence-electron chi connectivity index (χ2n) is 8.61. The maximum Gasteiger partial charge on any atom is 0.319 e. The molecule has 0 unspecified atom stereocenters. The number of nitrogens with one attached hydrogen (secondary N) is 1. The number of benzene rings is 2. The fourth-order valence-electron chi connectivity index (χ4n) is 4.89. The molecule has 2 aromatic carbocycles. The van der Waals surface area contributed by atoms with Crippen molar-refractivity contribution >= 4 is 28.3 Å². The van der Waals surface area contributed by atoms with Gasteiger partial charge in [0.25, 0.3) is 0 Å². The van der Waals surface area contributed by atoms with Gasteiger partial charge in [-0.05, 0) is 37.1 Å². The molecule has 7 heteroatoms. The van der Waals surface area contributed by atoms with Crippen LogP contribution in [0.3, 0.4) is 0 Å². The number of anilines is 2. The van der Waals surface area contributed by atoms with Crippen LogP contribution < -0.4 is 20.3 Å². The highest BCUT2D eigenvalue weighted by atomic mass is 16.5. The van der Waals surface area contributed by atoms with Gasteiger partial charge in [0.2, 0.25) is 0 Å². The molecule has 3 N–H and O–H groups in total. The predicted octanol–water partition coefficient (Wildman–Crippen LogP) is 3.59. The maximum absolute atomic E-state index is 12.1. The molecule has 7 nitrogen and oxygen atoms in total. The van der Waals surface area contributed by atoms with E-state index in [1.807, 2.05) is 30.5 Å². The molecule has 5 rings (SSSR count). The molecule has 168 valence electrons. The van der Waals surface area contributed by atoms with Gasteiger partial charge in [0, 0.05) is 56.2 Å². The Morgan fingerprint density at radius 3 is 2.75 bits per heavy atom. The van der Waals surface area contributed by atoms with E-state index in [4.69, 9.17) is 10.5 Å². The van der Waals surface area contributed by atoms with Gasteiger partial charge in [0.1, 0.15) is 5.75 Å². The number of nitrogens with zero attached hydrogens (tertiary/aromatic N) is 3. The average molecular weight is 434 g/mol. The Morgan fingerprint density at radius 1 is 1.06 bits per heavy atom. The van der Waals surface area contributed by atoms with Gasteiger partial charge in [0.05, 0.1) is 18.0 Å². The highest BCUT2D eigenvalue weighted by Gasteiger charge is 2.23. The number of carbonyl (C=O) groups excluding carboxylic acids is 1. The Morgan fingerprint density at radius 2 is 1.91 bits per heavy atom. The van der Waals surface area contributed by atoms with E-state index >= 15 is 0 Å². The van der Waals surface area contributed by atoms with Gasteiger partial charge in [-0.25, -0.2) is 4.79 Å². The lowest BCUT2D eigenvalue weighted by atomic mass is 10.1. The summed E-state index contributed by atoms with van der Waals surface area (Å²) < 4.78 is 5.89. The molecule has 3 aromatic rings. The topological polar surface area (TPSA) is 77.8 Å². The number of piperazine rings is 1. The lowest BCUT2D eigenvalue weighted by molar-refractivity contribution is 0.248. The zero-order valence-corrected chi connectivity index (χ0v) is 18.4. The monoisotopic (exact) mass is 433 g/mol. The number of aromatic nitrogens is 1. The van der Waals surface area contributed by atoms with E-state index in [2.05, 4.69) is 33.0 Å². The van der Waals surface area contributed by atoms with Crippen LogP contribution in [0.25, 0.3) is 10.9 Å². The van der Waals surface area contributed by atoms with E-state index in [1.165, 1.54) is 11.3 Å². The number of rotatable bonds is 7. The highest BCUT2D eigenvalue weighted by molar-refractivity contribution is 6.02. The molecule has 1 saturated heterocycles. The van der Waals surface area contributed by atoms with Gasteiger partial charge in [0.15, 0.2) is 0 Å². The molecule has 1 fully saturated rings. The standard InChI is InChI=1S/C25H31N5O2/c26-25(31)30(23-18-27-21-8-2-1-7-20(21)23)12-4-3-11-28-13-15-29(16-14-28)22-9-5-6-19-10-17-32-24(19)22/h1-2,5-9,18,27H,3-4,10-17H2,(H2,26,31). The Bertz CT molecular complexity index is 1090. The van der Waals surface area contributed by atoms with Crippen molar-refractivity contribution in [2.75, 3.05) is 55.7 Å². The Kier molecular flexibility index (Phi) is 5.90. The number of H-pyrrole nitrogens is 1. The third-order valence-corrected chi connectivity index (χ3v) is 6.64. The van der Waals surface area contributed by atoms with Crippen LogP contribution in [-0.4, -0.2) is 61.8 Å². The van der Waals surface area contributed by atoms with Crippen molar-refractivity contribution in [3.05, 3.63) is 54.2 Å². The minimum Gasteiger partial charge on any atom is -0.491 e. The Balaban J connectivity index is 1.11.